The van der Waals surface area contributed by atoms with Crippen molar-refractivity contribution in [3.63, 3.8) is 0 Å². The number of hydrogen-bond acceptors (Lipinski definition) is 5. The van der Waals surface area contributed by atoms with Crippen molar-refractivity contribution in [1.82, 2.24) is 9.47 Å². The van der Waals surface area contributed by atoms with E-state index < -0.39 is 22.8 Å². The first-order valence-corrected chi connectivity index (χ1v) is 16.4. The molecule has 0 bridgehead atoms. The van der Waals surface area contributed by atoms with Crippen LogP contribution in [0, 0.1) is 11.6 Å². The van der Waals surface area contributed by atoms with E-state index >= 15 is 8.78 Å². The van der Waals surface area contributed by atoms with Gasteiger partial charge in [-0.15, -0.1) is 11.3 Å². The Bertz CT molecular complexity index is 2140. The van der Waals surface area contributed by atoms with Crippen molar-refractivity contribution in [2.24, 2.45) is 0 Å². The van der Waals surface area contributed by atoms with Crippen LogP contribution in [0.2, 0.25) is 0 Å². The highest BCUT2D eigenvalue weighted by Gasteiger charge is 2.25. The van der Waals surface area contributed by atoms with Gasteiger partial charge in [0.05, 0.1) is 17.5 Å². The number of carbonyl (C=O) groups excluding carboxylic acids is 2. The number of fused-ring (bicyclic) bond motifs is 1. The molecule has 0 saturated carbocycles. The van der Waals surface area contributed by atoms with Crippen molar-refractivity contribution in [3.05, 3.63) is 159 Å². The maximum atomic E-state index is 15.0. The van der Waals surface area contributed by atoms with Gasteiger partial charge < -0.3 is 9.88 Å². The van der Waals surface area contributed by atoms with Crippen molar-refractivity contribution in [2.45, 2.75) is 33.0 Å². The molecule has 242 valence electrons. The zero-order valence-electron chi connectivity index (χ0n) is 26.5. The quantitative estimate of drug-likeness (QED) is 0.142. The number of thiophene rings is 1. The van der Waals surface area contributed by atoms with Gasteiger partial charge in [0.25, 0.3) is 0 Å². The first kappa shape index (κ1) is 32.7. The Labute approximate surface area is 280 Å². The van der Waals surface area contributed by atoms with Gasteiger partial charge in [-0.05, 0) is 48.0 Å². The number of halogens is 2. The standard InChI is InChI=1S/C39H33F2N3O3S/c1-3-34(45)42-28-19-17-27(18-20-28)38-30(22-43(2)21-25-11-6-4-7-12-25)35-37(47)31(36(46)26-13-8-5-9-14-26)24-44(39(35)48-38)23-29-32(40)15-10-16-33(29)41/h4-20,24H,3,21-23H2,1-2H3,(H,42,45). The van der Waals surface area contributed by atoms with E-state index in [2.05, 4.69) is 10.2 Å². The van der Waals surface area contributed by atoms with Crippen molar-refractivity contribution >= 4 is 38.9 Å². The number of aromatic nitrogens is 1. The lowest BCUT2D eigenvalue weighted by Crippen LogP contribution is -2.22. The molecular formula is C39H33F2N3O3S. The molecule has 9 heteroatoms. The maximum Gasteiger partial charge on any atom is 0.224 e. The smallest absolute Gasteiger partial charge is 0.224 e. The zero-order valence-corrected chi connectivity index (χ0v) is 27.3. The Morgan fingerprint density at radius 1 is 0.812 bits per heavy atom. The number of benzene rings is 4. The van der Waals surface area contributed by atoms with E-state index in [1.54, 1.807) is 54.0 Å². The molecule has 4 aromatic carbocycles. The maximum absolute atomic E-state index is 15.0. The number of ketones is 1. The van der Waals surface area contributed by atoms with E-state index in [0.29, 0.717) is 46.5 Å². The number of carbonyl (C=O) groups is 2. The lowest BCUT2D eigenvalue weighted by molar-refractivity contribution is -0.115. The molecule has 2 aromatic heterocycles. The predicted octanol–water partition coefficient (Wildman–Crippen LogP) is 8.27. The number of rotatable bonds is 11. The van der Waals surface area contributed by atoms with Gasteiger partial charge in [0.15, 0.2) is 5.78 Å². The summed E-state index contributed by atoms with van der Waals surface area (Å²) in [4.78, 5) is 43.7. The third-order valence-corrected chi connectivity index (χ3v) is 9.47. The van der Waals surface area contributed by atoms with Gasteiger partial charge in [-0.25, -0.2) is 8.78 Å². The normalized spacial score (nSPS) is 11.3. The van der Waals surface area contributed by atoms with Crippen LogP contribution in [-0.4, -0.2) is 28.2 Å². The number of pyridine rings is 1. The van der Waals surface area contributed by atoms with Crippen LogP contribution >= 0.6 is 11.3 Å². The van der Waals surface area contributed by atoms with E-state index in [1.807, 2.05) is 49.5 Å². The van der Waals surface area contributed by atoms with Crippen LogP contribution in [0.25, 0.3) is 20.7 Å². The second-order valence-corrected chi connectivity index (χ2v) is 12.6. The average molecular weight is 662 g/mol. The van der Waals surface area contributed by atoms with Crippen LogP contribution in [0.1, 0.15) is 46.0 Å². The van der Waals surface area contributed by atoms with Crippen LogP contribution in [0.15, 0.2) is 114 Å². The van der Waals surface area contributed by atoms with Gasteiger partial charge >= 0.3 is 0 Å². The molecule has 0 spiro atoms. The van der Waals surface area contributed by atoms with Gasteiger partial charge in [-0.1, -0.05) is 85.8 Å². The van der Waals surface area contributed by atoms with Crippen molar-refractivity contribution in [3.8, 4) is 10.4 Å². The minimum atomic E-state index is -0.720. The Morgan fingerprint density at radius 2 is 1.46 bits per heavy atom. The Balaban J connectivity index is 1.57. The van der Waals surface area contributed by atoms with Gasteiger partial charge in [-0.3, -0.25) is 19.3 Å². The monoisotopic (exact) mass is 661 g/mol. The molecule has 6 aromatic rings. The molecule has 6 nitrogen and oxygen atoms in total. The number of anilines is 1. The largest absolute Gasteiger partial charge is 0.334 e. The fourth-order valence-electron chi connectivity index (χ4n) is 5.73. The van der Waals surface area contributed by atoms with E-state index in [-0.39, 0.29) is 23.6 Å². The molecule has 0 aliphatic carbocycles. The van der Waals surface area contributed by atoms with Crippen LogP contribution in [0.3, 0.4) is 0 Å². The Morgan fingerprint density at radius 3 is 2.10 bits per heavy atom. The predicted molar refractivity (Wildman–Crippen MR) is 187 cm³/mol. The summed E-state index contributed by atoms with van der Waals surface area (Å²) in [6, 6.07) is 29.5. The summed E-state index contributed by atoms with van der Waals surface area (Å²) in [5, 5.41) is 3.19. The fourth-order valence-corrected chi connectivity index (χ4v) is 7.02. The third-order valence-electron chi connectivity index (χ3n) is 8.15. The first-order valence-electron chi connectivity index (χ1n) is 15.6. The molecule has 2 heterocycles. The molecule has 0 saturated heterocycles. The first-order chi connectivity index (χ1) is 23.2. The molecule has 6 rings (SSSR count). The minimum Gasteiger partial charge on any atom is -0.334 e. The van der Waals surface area contributed by atoms with Crippen molar-refractivity contribution in [2.75, 3.05) is 12.4 Å². The molecular weight excluding hydrogens is 629 g/mol. The van der Waals surface area contributed by atoms with Gasteiger partial charge in [0.2, 0.25) is 11.3 Å². The molecule has 0 atom stereocenters. The van der Waals surface area contributed by atoms with Gasteiger partial charge in [-0.2, -0.15) is 0 Å². The second-order valence-electron chi connectivity index (χ2n) is 11.6. The highest BCUT2D eigenvalue weighted by molar-refractivity contribution is 7.22. The zero-order chi connectivity index (χ0) is 33.8. The van der Waals surface area contributed by atoms with Crippen LogP contribution in [0.4, 0.5) is 14.5 Å². The van der Waals surface area contributed by atoms with E-state index in [1.165, 1.54) is 35.7 Å². The molecule has 0 fully saturated rings. The van der Waals surface area contributed by atoms with Crippen molar-refractivity contribution < 1.29 is 18.4 Å². The summed E-state index contributed by atoms with van der Waals surface area (Å²) in [5.41, 5.74) is 2.86. The number of nitrogens with one attached hydrogen (secondary N) is 1. The molecule has 0 radical (unpaired) electrons. The summed E-state index contributed by atoms with van der Waals surface area (Å²) in [6.07, 6.45) is 1.77. The summed E-state index contributed by atoms with van der Waals surface area (Å²) in [7, 11) is 1.95. The minimum absolute atomic E-state index is 0.0839. The second kappa shape index (κ2) is 14.3. The SMILES string of the molecule is CCC(=O)Nc1ccc(-c2sc3c(c2CN(C)Cc2ccccc2)c(=O)c(C(=O)c2ccccc2)cn3Cc2c(F)cccc2F)cc1. The lowest BCUT2D eigenvalue weighted by atomic mass is 10.00. The fraction of sp³-hybridized carbons (Fsp3) is 0.154. The van der Waals surface area contributed by atoms with E-state index in [9.17, 15) is 14.4 Å². The number of nitrogens with zero attached hydrogens (tertiary/aromatic N) is 2. The molecule has 1 amide bonds. The van der Waals surface area contributed by atoms with Crippen LogP contribution in [-0.2, 0) is 24.4 Å². The van der Waals surface area contributed by atoms with Crippen LogP contribution < -0.4 is 10.7 Å². The molecule has 0 aliphatic heterocycles. The highest BCUT2D eigenvalue weighted by atomic mass is 32.1. The topological polar surface area (TPSA) is 71.4 Å². The molecule has 0 unspecified atom stereocenters. The van der Waals surface area contributed by atoms with Gasteiger partial charge in [0.1, 0.15) is 16.5 Å². The highest BCUT2D eigenvalue weighted by Crippen LogP contribution is 2.39. The summed E-state index contributed by atoms with van der Waals surface area (Å²) in [6.45, 7) is 2.49. The Hall–Kier alpha value is -5.25. The lowest BCUT2D eigenvalue weighted by Gasteiger charge is -2.18. The molecule has 48 heavy (non-hydrogen) atoms. The third kappa shape index (κ3) is 6.88. The summed E-state index contributed by atoms with van der Waals surface area (Å²) in [5.74, 6) is -2.03. The van der Waals surface area contributed by atoms with Crippen LogP contribution in [0.5, 0.6) is 0 Å². The van der Waals surface area contributed by atoms with E-state index in [4.69, 9.17) is 0 Å². The summed E-state index contributed by atoms with van der Waals surface area (Å²) >= 11 is 1.33. The number of amides is 1. The van der Waals surface area contributed by atoms with E-state index in [0.717, 1.165) is 16.0 Å². The number of hydrogen-bond donors (Lipinski definition) is 1. The molecule has 1 N–H and O–H groups in total. The van der Waals surface area contributed by atoms with Gasteiger partial charge in [0, 0.05) is 47.4 Å². The van der Waals surface area contributed by atoms with Crippen molar-refractivity contribution in [1.29, 1.82) is 0 Å². The average Bonchev–Trinajstić information content (AvgIpc) is 3.47. The molecule has 0 aliphatic rings. The Kier molecular flexibility index (Phi) is 9.70. The summed E-state index contributed by atoms with van der Waals surface area (Å²) < 4.78 is 31.6.